The Morgan fingerprint density at radius 1 is 1.42 bits per heavy atom. The molecule has 2 rings (SSSR count). The van der Waals surface area contributed by atoms with Gasteiger partial charge in [-0.1, -0.05) is 0 Å². The van der Waals surface area contributed by atoms with Gasteiger partial charge >= 0.3 is 0 Å². The fourth-order valence-electron chi connectivity index (χ4n) is 0.954. The van der Waals surface area contributed by atoms with Crippen LogP contribution in [0.4, 0.5) is 8.78 Å². The molecule has 2 aromatic rings. The van der Waals surface area contributed by atoms with E-state index in [1.165, 1.54) is 16.9 Å². The average molecular weight is 169 g/mol. The highest BCUT2D eigenvalue weighted by Crippen LogP contribution is 2.16. The summed E-state index contributed by atoms with van der Waals surface area (Å²) < 4.78 is 25.5. The smallest absolute Gasteiger partial charge is 0.226 e. The van der Waals surface area contributed by atoms with Crippen LogP contribution >= 0.6 is 0 Å². The molecule has 0 unspecified atom stereocenters. The minimum absolute atomic E-state index is 0.242. The standard InChI is InChI=1S/C7H5F2N3/c8-7(9)5-4-12-6(11-5)2-1-3-10-12/h1-4,7H. The van der Waals surface area contributed by atoms with E-state index in [2.05, 4.69) is 10.1 Å². The van der Waals surface area contributed by atoms with Crippen molar-refractivity contribution in [3.63, 3.8) is 0 Å². The van der Waals surface area contributed by atoms with Crippen molar-refractivity contribution in [1.29, 1.82) is 0 Å². The first-order chi connectivity index (χ1) is 5.77. The Balaban J connectivity index is 2.62. The number of fused-ring (bicyclic) bond motifs is 1. The maximum absolute atomic E-state index is 12.1. The Labute approximate surface area is 66.7 Å². The first kappa shape index (κ1) is 7.15. The number of rotatable bonds is 1. The third-order valence-electron chi connectivity index (χ3n) is 1.48. The molecule has 0 amide bonds. The number of alkyl halides is 2. The van der Waals surface area contributed by atoms with Crippen molar-refractivity contribution in [1.82, 2.24) is 14.6 Å². The molecule has 0 saturated heterocycles. The van der Waals surface area contributed by atoms with Crippen molar-refractivity contribution in [3.05, 3.63) is 30.2 Å². The molecule has 0 aliphatic carbocycles. The normalized spacial score (nSPS) is 11.2. The van der Waals surface area contributed by atoms with E-state index in [-0.39, 0.29) is 5.69 Å². The van der Waals surface area contributed by atoms with Crippen molar-refractivity contribution in [3.8, 4) is 0 Å². The van der Waals surface area contributed by atoms with Gasteiger partial charge in [0.15, 0.2) is 5.65 Å². The summed E-state index contributed by atoms with van der Waals surface area (Å²) in [4.78, 5) is 3.66. The number of halogens is 2. The number of imidazole rings is 1. The average Bonchev–Trinajstić information content (AvgIpc) is 2.46. The molecule has 2 aromatic heterocycles. The van der Waals surface area contributed by atoms with Gasteiger partial charge in [0.2, 0.25) is 0 Å². The molecule has 0 bridgehead atoms. The molecule has 2 heterocycles. The van der Waals surface area contributed by atoms with Crippen molar-refractivity contribution in [2.45, 2.75) is 6.43 Å². The van der Waals surface area contributed by atoms with Crippen LogP contribution in [0.3, 0.4) is 0 Å². The molecule has 0 fully saturated rings. The lowest BCUT2D eigenvalue weighted by Crippen LogP contribution is -1.85. The Morgan fingerprint density at radius 2 is 2.25 bits per heavy atom. The van der Waals surface area contributed by atoms with E-state index in [1.54, 1.807) is 12.1 Å². The minimum atomic E-state index is -2.54. The summed E-state index contributed by atoms with van der Waals surface area (Å²) in [7, 11) is 0. The van der Waals surface area contributed by atoms with Crippen LogP contribution in [0.2, 0.25) is 0 Å². The summed E-state index contributed by atoms with van der Waals surface area (Å²) in [6.07, 6.45) is 0.205. The van der Waals surface area contributed by atoms with Crippen LogP contribution in [0.15, 0.2) is 24.5 Å². The molecule has 0 saturated carbocycles. The van der Waals surface area contributed by atoms with E-state index in [0.29, 0.717) is 5.65 Å². The highest BCUT2D eigenvalue weighted by molar-refractivity contribution is 5.37. The van der Waals surface area contributed by atoms with E-state index in [0.717, 1.165) is 0 Å². The lowest BCUT2D eigenvalue weighted by molar-refractivity contribution is 0.146. The van der Waals surface area contributed by atoms with Gasteiger partial charge in [-0.15, -0.1) is 0 Å². The van der Waals surface area contributed by atoms with Crippen molar-refractivity contribution in [2.24, 2.45) is 0 Å². The minimum Gasteiger partial charge on any atom is -0.226 e. The number of hydrogen-bond donors (Lipinski definition) is 0. The first-order valence-corrected chi connectivity index (χ1v) is 3.36. The maximum atomic E-state index is 12.1. The Morgan fingerprint density at radius 3 is 2.92 bits per heavy atom. The summed E-state index contributed by atoms with van der Waals surface area (Å²) in [6.45, 7) is 0. The highest BCUT2D eigenvalue weighted by atomic mass is 19.3. The molecule has 62 valence electrons. The third-order valence-corrected chi connectivity index (χ3v) is 1.48. The van der Waals surface area contributed by atoms with Crippen LogP contribution in [0.5, 0.6) is 0 Å². The quantitative estimate of drug-likeness (QED) is 0.649. The molecular weight excluding hydrogens is 164 g/mol. The Hall–Kier alpha value is -1.52. The van der Waals surface area contributed by atoms with Crippen LogP contribution in [0, 0.1) is 0 Å². The second kappa shape index (κ2) is 2.51. The van der Waals surface area contributed by atoms with E-state index < -0.39 is 6.43 Å². The second-order valence-corrected chi connectivity index (χ2v) is 2.29. The second-order valence-electron chi connectivity index (χ2n) is 2.29. The summed E-state index contributed by atoms with van der Waals surface area (Å²) in [5.41, 5.74) is 0.196. The number of aromatic nitrogens is 3. The monoisotopic (exact) mass is 169 g/mol. The molecule has 0 aliphatic heterocycles. The van der Waals surface area contributed by atoms with Gasteiger partial charge in [0.05, 0.1) is 6.20 Å². The van der Waals surface area contributed by atoms with Crippen molar-refractivity contribution >= 4 is 5.65 Å². The van der Waals surface area contributed by atoms with Gasteiger partial charge in [-0.3, -0.25) is 0 Å². The van der Waals surface area contributed by atoms with Gasteiger partial charge in [-0.05, 0) is 12.1 Å². The third kappa shape index (κ3) is 1.03. The topological polar surface area (TPSA) is 30.2 Å². The zero-order valence-electron chi connectivity index (χ0n) is 5.98. The van der Waals surface area contributed by atoms with E-state index in [4.69, 9.17) is 0 Å². The summed E-state index contributed by atoms with van der Waals surface area (Å²) >= 11 is 0. The van der Waals surface area contributed by atoms with Crippen molar-refractivity contribution in [2.75, 3.05) is 0 Å². The molecule has 0 spiro atoms. The summed E-state index contributed by atoms with van der Waals surface area (Å²) in [6, 6.07) is 3.27. The molecule has 0 aliphatic rings. The van der Waals surface area contributed by atoms with Crippen LogP contribution in [-0.2, 0) is 0 Å². The van der Waals surface area contributed by atoms with Gasteiger partial charge in [0, 0.05) is 6.20 Å². The zero-order valence-corrected chi connectivity index (χ0v) is 5.98. The zero-order chi connectivity index (χ0) is 8.55. The fraction of sp³-hybridized carbons (Fsp3) is 0.143. The number of hydrogen-bond acceptors (Lipinski definition) is 2. The van der Waals surface area contributed by atoms with Crippen LogP contribution < -0.4 is 0 Å². The molecular formula is C7H5F2N3. The van der Waals surface area contributed by atoms with E-state index >= 15 is 0 Å². The van der Waals surface area contributed by atoms with Crippen LogP contribution in [0.1, 0.15) is 12.1 Å². The van der Waals surface area contributed by atoms with Crippen LogP contribution in [0.25, 0.3) is 5.65 Å². The molecule has 0 N–H and O–H groups in total. The van der Waals surface area contributed by atoms with Crippen LogP contribution in [-0.4, -0.2) is 14.6 Å². The molecule has 0 radical (unpaired) electrons. The SMILES string of the molecule is FC(F)c1cn2ncccc2n1. The Kier molecular flexibility index (Phi) is 1.49. The van der Waals surface area contributed by atoms with Gasteiger partial charge in [-0.25, -0.2) is 18.3 Å². The number of nitrogens with zero attached hydrogens (tertiary/aromatic N) is 3. The molecule has 12 heavy (non-hydrogen) atoms. The summed E-state index contributed by atoms with van der Waals surface area (Å²) in [5, 5.41) is 3.81. The highest BCUT2D eigenvalue weighted by Gasteiger charge is 2.11. The predicted molar refractivity (Wildman–Crippen MR) is 37.9 cm³/mol. The van der Waals surface area contributed by atoms with Crippen molar-refractivity contribution < 1.29 is 8.78 Å². The molecule has 0 atom stereocenters. The Bertz CT molecular complexity index is 363. The molecule has 0 aromatic carbocycles. The largest absolute Gasteiger partial charge is 0.281 e. The van der Waals surface area contributed by atoms with Gasteiger partial charge < -0.3 is 0 Å². The van der Waals surface area contributed by atoms with Gasteiger partial charge in [-0.2, -0.15) is 5.10 Å². The summed E-state index contributed by atoms with van der Waals surface area (Å²) in [5.74, 6) is 0. The van der Waals surface area contributed by atoms with E-state index in [1.807, 2.05) is 0 Å². The fourth-order valence-corrected chi connectivity index (χ4v) is 0.954. The maximum Gasteiger partial charge on any atom is 0.281 e. The van der Waals surface area contributed by atoms with Gasteiger partial charge in [0.25, 0.3) is 6.43 Å². The van der Waals surface area contributed by atoms with Gasteiger partial charge in [0.1, 0.15) is 5.69 Å². The predicted octanol–water partition coefficient (Wildman–Crippen LogP) is 1.67. The lowest BCUT2D eigenvalue weighted by Gasteiger charge is -1.86. The lowest BCUT2D eigenvalue weighted by atomic mass is 10.5. The first-order valence-electron chi connectivity index (χ1n) is 3.36. The molecule has 3 nitrogen and oxygen atoms in total. The van der Waals surface area contributed by atoms with E-state index in [9.17, 15) is 8.78 Å². The molecule has 5 heteroatoms.